The van der Waals surface area contributed by atoms with Crippen molar-refractivity contribution in [1.82, 2.24) is 15.5 Å². The zero-order chi connectivity index (χ0) is 18.0. The van der Waals surface area contributed by atoms with Gasteiger partial charge in [0.1, 0.15) is 0 Å². The first-order chi connectivity index (χ1) is 12.2. The molecule has 0 radical (unpaired) electrons. The Morgan fingerprint density at radius 1 is 1.28 bits per heavy atom. The summed E-state index contributed by atoms with van der Waals surface area (Å²) in [6.45, 7) is 9.36. The molecule has 0 saturated carbocycles. The molecule has 2 saturated heterocycles. The molecule has 2 heterocycles. The third-order valence-corrected chi connectivity index (χ3v) is 6.68. The number of ether oxygens (including phenoxy) is 1. The average Bonchev–Trinajstić information content (AvgIpc) is 3.13. The van der Waals surface area contributed by atoms with Gasteiger partial charge in [-0.15, -0.1) is 0 Å². The number of nitrogens with one attached hydrogen (secondary N) is 2. The Balaban J connectivity index is 1.79. The van der Waals surface area contributed by atoms with Crippen LogP contribution >= 0.6 is 11.8 Å². The van der Waals surface area contributed by atoms with E-state index in [1.54, 1.807) is 0 Å². The van der Waals surface area contributed by atoms with E-state index in [9.17, 15) is 0 Å². The highest BCUT2D eigenvalue weighted by molar-refractivity contribution is 7.99. The minimum absolute atomic E-state index is 0.260. The van der Waals surface area contributed by atoms with Crippen LogP contribution in [0.5, 0.6) is 0 Å². The van der Waals surface area contributed by atoms with Gasteiger partial charge in [0.05, 0.1) is 13.2 Å². The molecular weight excluding hydrogens is 332 g/mol. The summed E-state index contributed by atoms with van der Waals surface area (Å²) in [7, 11) is 1.88. The first-order valence-electron chi connectivity index (χ1n) is 10.1. The van der Waals surface area contributed by atoms with Gasteiger partial charge in [-0.1, -0.05) is 32.6 Å². The zero-order valence-electron chi connectivity index (χ0n) is 16.5. The summed E-state index contributed by atoms with van der Waals surface area (Å²) >= 11 is 2.08. The second-order valence-electron chi connectivity index (χ2n) is 7.45. The predicted octanol–water partition coefficient (Wildman–Crippen LogP) is 2.72. The maximum absolute atomic E-state index is 5.55. The number of thioether (sulfide) groups is 1. The molecule has 25 heavy (non-hydrogen) atoms. The van der Waals surface area contributed by atoms with Crippen LogP contribution in [0.25, 0.3) is 0 Å². The van der Waals surface area contributed by atoms with Crippen LogP contribution in [0.4, 0.5) is 0 Å². The van der Waals surface area contributed by atoms with Gasteiger partial charge in [-0.3, -0.25) is 9.89 Å². The fraction of sp³-hybridized carbons (Fsp3) is 0.947. The molecule has 5 nitrogen and oxygen atoms in total. The van der Waals surface area contributed by atoms with E-state index in [0.29, 0.717) is 6.04 Å². The first-order valence-corrected chi connectivity index (χ1v) is 11.2. The number of rotatable bonds is 9. The molecule has 2 fully saturated rings. The van der Waals surface area contributed by atoms with Gasteiger partial charge in [0.15, 0.2) is 5.96 Å². The van der Waals surface area contributed by atoms with E-state index in [4.69, 9.17) is 4.74 Å². The van der Waals surface area contributed by atoms with Crippen LogP contribution in [0.1, 0.15) is 52.4 Å². The van der Waals surface area contributed by atoms with Crippen molar-refractivity contribution in [3.05, 3.63) is 0 Å². The van der Waals surface area contributed by atoms with Crippen molar-refractivity contribution in [2.45, 2.75) is 64.0 Å². The lowest BCUT2D eigenvalue weighted by Gasteiger charge is -2.43. The second kappa shape index (κ2) is 11.3. The number of morpholine rings is 1. The lowest BCUT2D eigenvalue weighted by atomic mass is 9.95. The quantitative estimate of drug-likeness (QED) is 0.371. The van der Waals surface area contributed by atoms with Crippen LogP contribution in [0.15, 0.2) is 4.99 Å². The summed E-state index contributed by atoms with van der Waals surface area (Å²) in [4.78, 5) is 7.10. The molecule has 2 aliphatic heterocycles. The van der Waals surface area contributed by atoms with Crippen LogP contribution in [0, 0.1) is 0 Å². The van der Waals surface area contributed by atoms with Gasteiger partial charge in [0, 0.05) is 44.0 Å². The molecule has 2 unspecified atom stereocenters. The molecule has 2 rings (SSSR count). The van der Waals surface area contributed by atoms with Gasteiger partial charge in [-0.05, 0) is 25.5 Å². The summed E-state index contributed by atoms with van der Waals surface area (Å²) in [6, 6.07) is 0.473. The zero-order valence-corrected chi connectivity index (χ0v) is 17.3. The number of guanidine groups is 1. The fourth-order valence-corrected chi connectivity index (χ4v) is 5.24. The third kappa shape index (κ3) is 6.65. The van der Waals surface area contributed by atoms with Gasteiger partial charge in [0.25, 0.3) is 0 Å². The van der Waals surface area contributed by atoms with Crippen molar-refractivity contribution in [3.8, 4) is 0 Å². The highest BCUT2D eigenvalue weighted by Gasteiger charge is 2.40. The van der Waals surface area contributed by atoms with E-state index in [2.05, 4.69) is 46.1 Å². The van der Waals surface area contributed by atoms with E-state index >= 15 is 0 Å². The third-order valence-electron chi connectivity index (χ3n) is 5.45. The van der Waals surface area contributed by atoms with E-state index in [-0.39, 0.29) is 5.54 Å². The van der Waals surface area contributed by atoms with E-state index in [1.807, 2.05) is 7.05 Å². The van der Waals surface area contributed by atoms with E-state index in [0.717, 1.165) is 38.8 Å². The highest BCUT2D eigenvalue weighted by atomic mass is 32.2. The molecule has 6 heteroatoms. The molecule has 0 aromatic rings. The smallest absolute Gasteiger partial charge is 0.191 e. The Hall–Kier alpha value is -0.460. The Bertz CT molecular complexity index is 393. The molecule has 2 N–H and O–H groups in total. The monoisotopic (exact) mass is 370 g/mol. The predicted molar refractivity (Wildman–Crippen MR) is 110 cm³/mol. The van der Waals surface area contributed by atoms with Crippen LogP contribution in [-0.2, 0) is 4.74 Å². The molecule has 0 spiro atoms. The number of unbranched alkanes of at least 4 members (excludes halogenated alkanes) is 3. The number of hydrogen-bond acceptors (Lipinski definition) is 4. The number of aliphatic imine (C=N–C) groups is 1. The first kappa shape index (κ1) is 20.8. The summed E-state index contributed by atoms with van der Waals surface area (Å²) in [5.41, 5.74) is 0.260. The minimum atomic E-state index is 0.260. The molecule has 2 aliphatic rings. The Morgan fingerprint density at radius 3 is 2.72 bits per heavy atom. The highest BCUT2D eigenvalue weighted by Crippen LogP contribution is 2.33. The lowest BCUT2D eigenvalue weighted by Crippen LogP contribution is -2.60. The molecule has 0 aliphatic carbocycles. The largest absolute Gasteiger partial charge is 0.379 e. The average molecular weight is 371 g/mol. The summed E-state index contributed by atoms with van der Waals surface area (Å²) in [6.07, 6.45) is 7.75. The summed E-state index contributed by atoms with van der Waals surface area (Å²) in [5.74, 6) is 3.43. The molecule has 0 aromatic heterocycles. The van der Waals surface area contributed by atoms with Gasteiger partial charge in [-0.25, -0.2) is 0 Å². The van der Waals surface area contributed by atoms with Gasteiger partial charge >= 0.3 is 0 Å². The van der Waals surface area contributed by atoms with E-state index in [1.165, 1.54) is 50.0 Å². The van der Waals surface area contributed by atoms with Crippen molar-refractivity contribution >= 4 is 17.7 Å². The maximum atomic E-state index is 5.55. The molecular formula is C19H38N4OS. The summed E-state index contributed by atoms with van der Waals surface area (Å²) in [5, 5.41) is 7.20. The number of nitrogens with zero attached hydrogens (tertiary/aromatic N) is 2. The fourth-order valence-electron chi connectivity index (χ4n) is 3.76. The van der Waals surface area contributed by atoms with Crippen LogP contribution in [0.3, 0.4) is 0 Å². The Labute approximate surface area is 158 Å². The Kier molecular flexibility index (Phi) is 9.42. The summed E-state index contributed by atoms with van der Waals surface area (Å²) < 4.78 is 5.55. The molecule has 0 amide bonds. The van der Waals surface area contributed by atoms with Gasteiger partial charge in [-0.2, -0.15) is 11.8 Å². The maximum Gasteiger partial charge on any atom is 0.191 e. The van der Waals surface area contributed by atoms with Crippen LogP contribution in [0.2, 0.25) is 0 Å². The van der Waals surface area contributed by atoms with Crippen molar-refractivity contribution in [1.29, 1.82) is 0 Å². The normalized spacial score (nSPS) is 26.6. The molecule has 2 atom stereocenters. The van der Waals surface area contributed by atoms with Crippen LogP contribution in [-0.4, -0.2) is 73.8 Å². The van der Waals surface area contributed by atoms with Crippen molar-refractivity contribution < 1.29 is 4.74 Å². The van der Waals surface area contributed by atoms with Crippen molar-refractivity contribution in [3.63, 3.8) is 0 Å². The number of hydrogen-bond donors (Lipinski definition) is 2. The minimum Gasteiger partial charge on any atom is -0.379 e. The van der Waals surface area contributed by atoms with E-state index < -0.39 is 0 Å². The van der Waals surface area contributed by atoms with Crippen molar-refractivity contribution in [2.24, 2.45) is 4.99 Å². The standard InChI is InChI=1S/C19H38N4OS/c1-4-5-6-7-8-17(2)22-18(20-3)21-15-19(9-14-25-16-19)23-10-12-24-13-11-23/h17H,4-16H2,1-3H3,(H2,20,21,22). The van der Waals surface area contributed by atoms with Crippen molar-refractivity contribution in [2.75, 3.05) is 51.4 Å². The topological polar surface area (TPSA) is 48.9 Å². The molecule has 0 aromatic carbocycles. The van der Waals surface area contributed by atoms with Crippen LogP contribution < -0.4 is 10.6 Å². The second-order valence-corrected chi connectivity index (χ2v) is 8.55. The molecule has 146 valence electrons. The molecule has 0 bridgehead atoms. The van der Waals surface area contributed by atoms with Gasteiger partial charge in [0.2, 0.25) is 0 Å². The lowest BCUT2D eigenvalue weighted by molar-refractivity contribution is -0.0120. The SMILES string of the molecule is CCCCCCC(C)NC(=NC)NCC1(N2CCOCC2)CCSC1. The Morgan fingerprint density at radius 2 is 2.08 bits per heavy atom. The van der Waals surface area contributed by atoms with Gasteiger partial charge < -0.3 is 15.4 Å².